The van der Waals surface area contributed by atoms with Gasteiger partial charge in [-0.1, -0.05) is 243 Å². The molecule has 0 fully saturated rings. The van der Waals surface area contributed by atoms with Gasteiger partial charge in [-0.2, -0.15) is 0 Å². The zero-order valence-corrected chi connectivity index (χ0v) is 41.3. The fourth-order valence-electron chi connectivity index (χ4n) is 12.1. The summed E-state index contributed by atoms with van der Waals surface area (Å²) in [6.07, 6.45) is 0. The fourth-order valence-corrected chi connectivity index (χ4v) is 12.1. The highest BCUT2D eigenvalue weighted by Gasteiger charge is 2.46. The molecule has 0 unspecified atom stereocenters. The van der Waals surface area contributed by atoms with Crippen LogP contribution in [0, 0.1) is 0 Å². The van der Waals surface area contributed by atoms with Crippen molar-refractivity contribution in [2.24, 2.45) is 0 Å². The second-order valence-corrected chi connectivity index (χ2v) is 19.6. The molecule has 1 aromatic heterocycles. The first kappa shape index (κ1) is 44.0. The molecule has 1 aliphatic carbocycles. The third kappa shape index (κ3) is 7.41. The Balaban J connectivity index is 0.846. The number of benzene rings is 12. The first-order valence-electron chi connectivity index (χ1n) is 25.9. The standard InChI is InChI=1S/C73H50N2/c1-5-20-51(21-6-1)55-22-19-23-56(48-55)53-40-43-61(44-41-53)74(60-28-11-4-12-29-60)70-34-17-14-30-63(70)54-38-36-52(37-39-54)57-42-46-67-66-32-15-18-35-71(66)75(72(67)49-57)62-45-47-65-64-31-13-16-33-68(64)73(69(65)50-62,58-24-7-2-8-25-58)59-26-9-3-10-27-59/h1-50H. The molecule has 0 radical (unpaired) electrons. The van der Waals surface area contributed by atoms with E-state index in [1.54, 1.807) is 0 Å². The second-order valence-electron chi connectivity index (χ2n) is 19.6. The molecule has 0 aliphatic heterocycles. The van der Waals surface area contributed by atoms with Gasteiger partial charge in [0.1, 0.15) is 0 Å². The number of nitrogens with zero attached hydrogens (tertiary/aromatic N) is 2. The Morgan fingerprint density at radius 3 is 1.45 bits per heavy atom. The number of hydrogen-bond acceptors (Lipinski definition) is 1. The summed E-state index contributed by atoms with van der Waals surface area (Å²) in [5.74, 6) is 0. The van der Waals surface area contributed by atoms with Gasteiger partial charge in [0.15, 0.2) is 0 Å². The molecular formula is C73H50N2. The maximum Gasteiger partial charge on any atom is 0.0714 e. The molecule has 0 atom stereocenters. The molecule has 13 aromatic rings. The number of hydrogen-bond donors (Lipinski definition) is 0. The lowest BCUT2D eigenvalue weighted by atomic mass is 9.67. The van der Waals surface area contributed by atoms with Crippen LogP contribution in [0.3, 0.4) is 0 Å². The molecule has 0 saturated carbocycles. The minimum atomic E-state index is -0.492. The highest BCUT2D eigenvalue weighted by Crippen LogP contribution is 2.57. The predicted octanol–water partition coefficient (Wildman–Crippen LogP) is 19.3. The van der Waals surface area contributed by atoms with E-state index in [0.29, 0.717) is 0 Å². The molecule has 1 heterocycles. The molecule has 0 bridgehead atoms. The molecule has 12 aromatic carbocycles. The van der Waals surface area contributed by atoms with Gasteiger partial charge in [-0.3, -0.25) is 0 Å². The molecule has 0 spiro atoms. The average molecular weight is 955 g/mol. The van der Waals surface area contributed by atoms with Gasteiger partial charge in [0, 0.05) is 33.4 Å². The molecule has 0 saturated heterocycles. The Kier molecular flexibility index (Phi) is 10.8. The van der Waals surface area contributed by atoms with Crippen LogP contribution in [-0.4, -0.2) is 4.57 Å². The van der Waals surface area contributed by atoms with Crippen LogP contribution in [0.5, 0.6) is 0 Å². The highest BCUT2D eigenvalue weighted by molar-refractivity contribution is 6.10. The summed E-state index contributed by atoms with van der Waals surface area (Å²) in [6.45, 7) is 0. The van der Waals surface area contributed by atoms with Crippen molar-refractivity contribution in [3.05, 3.63) is 326 Å². The first-order valence-corrected chi connectivity index (χ1v) is 25.9. The Morgan fingerprint density at radius 1 is 0.267 bits per heavy atom. The van der Waals surface area contributed by atoms with Crippen LogP contribution in [0.1, 0.15) is 22.3 Å². The number of anilines is 3. The number of aromatic nitrogens is 1. The summed E-state index contributed by atoms with van der Waals surface area (Å²) in [5, 5.41) is 2.47. The average Bonchev–Trinajstić information content (AvgIpc) is 4.05. The summed E-state index contributed by atoms with van der Waals surface area (Å²) in [4.78, 5) is 2.38. The van der Waals surface area contributed by atoms with Gasteiger partial charge in [-0.25, -0.2) is 0 Å². The Bertz CT molecular complexity index is 4160. The molecule has 1 aliphatic rings. The van der Waals surface area contributed by atoms with E-state index in [9.17, 15) is 0 Å². The molecule has 14 rings (SSSR count). The predicted molar refractivity (Wildman–Crippen MR) is 315 cm³/mol. The highest BCUT2D eigenvalue weighted by atomic mass is 15.1. The molecular weight excluding hydrogens is 905 g/mol. The SMILES string of the molecule is c1ccc(-c2cccc(-c3ccc(N(c4ccccc4)c4ccccc4-c4ccc(-c5ccc6c7ccccc7n(-c7ccc8c(c7)C(c7ccccc7)(c7ccccc7)c7ccccc7-8)c6c5)cc4)cc3)c2)cc1. The Labute approximate surface area is 438 Å². The third-order valence-corrected chi connectivity index (χ3v) is 15.5. The van der Waals surface area contributed by atoms with Crippen molar-refractivity contribution in [1.29, 1.82) is 0 Å². The van der Waals surface area contributed by atoms with E-state index in [1.165, 1.54) is 88.6 Å². The van der Waals surface area contributed by atoms with E-state index in [2.05, 4.69) is 313 Å². The van der Waals surface area contributed by atoms with Crippen LogP contribution in [0.25, 0.3) is 83.1 Å². The largest absolute Gasteiger partial charge is 0.310 e. The van der Waals surface area contributed by atoms with Crippen LogP contribution in [0.4, 0.5) is 17.1 Å². The van der Waals surface area contributed by atoms with Crippen molar-refractivity contribution in [3.8, 4) is 61.3 Å². The topological polar surface area (TPSA) is 8.17 Å². The van der Waals surface area contributed by atoms with Crippen LogP contribution in [-0.2, 0) is 5.41 Å². The van der Waals surface area contributed by atoms with Gasteiger partial charge in [-0.05, 0) is 133 Å². The maximum atomic E-state index is 2.48. The van der Waals surface area contributed by atoms with Crippen molar-refractivity contribution in [3.63, 3.8) is 0 Å². The van der Waals surface area contributed by atoms with E-state index in [4.69, 9.17) is 0 Å². The van der Waals surface area contributed by atoms with Crippen molar-refractivity contribution >= 4 is 38.9 Å². The van der Waals surface area contributed by atoms with Crippen LogP contribution in [0.15, 0.2) is 303 Å². The zero-order chi connectivity index (χ0) is 49.7. The molecule has 2 nitrogen and oxygen atoms in total. The van der Waals surface area contributed by atoms with E-state index in [-0.39, 0.29) is 0 Å². The maximum absolute atomic E-state index is 2.48. The fraction of sp³-hybridized carbons (Fsp3) is 0.0137. The van der Waals surface area contributed by atoms with Crippen LogP contribution in [0.2, 0.25) is 0 Å². The van der Waals surface area contributed by atoms with Gasteiger partial charge in [0.25, 0.3) is 0 Å². The minimum absolute atomic E-state index is 0.492. The summed E-state index contributed by atoms with van der Waals surface area (Å²) in [6, 6.07) is 111. The van der Waals surface area contributed by atoms with E-state index < -0.39 is 5.41 Å². The van der Waals surface area contributed by atoms with Crippen molar-refractivity contribution in [2.75, 3.05) is 4.90 Å². The van der Waals surface area contributed by atoms with Crippen molar-refractivity contribution in [1.82, 2.24) is 4.57 Å². The smallest absolute Gasteiger partial charge is 0.0714 e. The number of rotatable bonds is 10. The lowest BCUT2D eigenvalue weighted by Crippen LogP contribution is -2.28. The normalized spacial score (nSPS) is 12.4. The van der Waals surface area contributed by atoms with E-state index in [0.717, 1.165) is 33.9 Å². The van der Waals surface area contributed by atoms with E-state index >= 15 is 0 Å². The second kappa shape index (κ2) is 18.4. The summed E-state index contributed by atoms with van der Waals surface area (Å²) < 4.78 is 2.48. The summed E-state index contributed by atoms with van der Waals surface area (Å²) in [7, 11) is 0. The minimum Gasteiger partial charge on any atom is -0.310 e. The molecule has 0 N–H and O–H groups in total. The Morgan fingerprint density at radius 2 is 0.747 bits per heavy atom. The first-order chi connectivity index (χ1) is 37.2. The molecule has 2 heteroatoms. The van der Waals surface area contributed by atoms with E-state index in [1.807, 2.05) is 0 Å². The monoisotopic (exact) mass is 954 g/mol. The summed E-state index contributed by atoms with van der Waals surface area (Å²) >= 11 is 0. The van der Waals surface area contributed by atoms with Crippen LogP contribution >= 0.6 is 0 Å². The molecule has 352 valence electrons. The number of para-hydroxylation sites is 3. The zero-order valence-electron chi connectivity index (χ0n) is 41.3. The van der Waals surface area contributed by atoms with Gasteiger partial charge in [0.2, 0.25) is 0 Å². The van der Waals surface area contributed by atoms with Crippen LogP contribution < -0.4 is 4.90 Å². The quantitative estimate of drug-likeness (QED) is 0.133. The summed E-state index contributed by atoms with van der Waals surface area (Å²) in [5.41, 5.74) is 23.5. The molecule has 0 amide bonds. The lowest BCUT2D eigenvalue weighted by molar-refractivity contribution is 0.767. The van der Waals surface area contributed by atoms with Gasteiger partial charge >= 0.3 is 0 Å². The molecule has 75 heavy (non-hydrogen) atoms. The Hall–Kier alpha value is -9.76. The number of fused-ring (bicyclic) bond motifs is 6. The van der Waals surface area contributed by atoms with Crippen molar-refractivity contribution in [2.45, 2.75) is 5.41 Å². The lowest BCUT2D eigenvalue weighted by Gasteiger charge is -2.34. The van der Waals surface area contributed by atoms with Gasteiger partial charge in [-0.15, -0.1) is 0 Å². The third-order valence-electron chi connectivity index (χ3n) is 15.5. The van der Waals surface area contributed by atoms with Gasteiger partial charge < -0.3 is 9.47 Å². The van der Waals surface area contributed by atoms with Crippen molar-refractivity contribution < 1.29 is 0 Å². The van der Waals surface area contributed by atoms with Gasteiger partial charge in [0.05, 0.1) is 22.1 Å².